The maximum atomic E-state index is 6.14. The lowest BCUT2D eigenvalue weighted by Gasteiger charge is -2.19. The summed E-state index contributed by atoms with van der Waals surface area (Å²) in [7, 11) is 1.60. The van der Waals surface area contributed by atoms with E-state index in [0.717, 1.165) is 18.1 Å². The Morgan fingerprint density at radius 1 is 1.19 bits per heavy atom. The molecule has 21 heavy (non-hydrogen) atoms. The summed E-state index contributed by atoms with van der Waals surface area (Å²) >= 11 is 0. The van der Waals surface area contributed by atoms with Crippen LogP contribution in [0.3, 0.4) is 0 Å². The summed E-state index contributed by atoms with van der Waals surface area (Å²) in [6, 6.07) is 0.460. The molecule has 0 saturated heterocycles. The summed E-state index contributed by atoms with van der Waals surface area (Å²) in [6.07, 6.45) is 8.42. The van der Waals surface area contributed by atoms with Crippen LogP contribution in [0.2, 0.25) is 0 Å². The minimum Gasteiger partial charge on any atom is -0.479 e. The standard InChI is InChI=1S/C16H28N4O/c1-11(2)10-13-19-15(14(17)16(20-13)21-3)18-12-8-6-4-5-7-9-12/h11-12H,4-10,17H2,1-3H3,(H,18,19,20). The second-order valence-corrected chi connectivity index (χ2v) is 6.34. The van der Waals surface area contributed by atoms with E-state index in [2.05, 4.69) is 29.1 Å². The molecular formula is C16H28N4O. The Kier molecular flexibility index (Phi) is 5.65. The van der Waals surface area contributed by atoms with Crippen molar-refractivity contribution in [1.29, 1.82) is 0 Å². The summed E-state index contributed by atoms with van der Waals surface area (Å²) in [5.74, 6) is 2.53. The van der Waals surface area contributed by atoms with Crippen LogP contribution in [-0.4, -0.2) is 23.1 Å². The predicted octanol–water partition coefficient (Wildman–Crippen LogP) is 3.40. The summed E-state index contributed by atoms with van der Waals surface area (Å²) in [5.41, 5.74) is 6.66. The third kappa shape index (κ3) is 4.48. The first-order valence-electron chi connectivity index (χ1n) is 8.07. The molecule has 5 heteroatoms. The van der Waals surface area contributed by atoms with E-state index in [-0.39, 0.29) is 0 Å². The second kappa shape index (κ2) is 7.48. The first kappa shape index (κ1) is 15.9. The van der Waals surface area contributed by atoms with Gasteiger partial charge in [-0.3, -0.25) is 0 Å². The predicted molar refractivity (Wildman–Crippen MR) is 86.7 cm³/mol. The molecule has 1 aromatic rings. The lowest BCUT2D eigenvalue weighted by Crippen LogP contribution is -2.21. The van der Waals surface area contributed by atoms with Gasteiger partial charge in [0.1, 0.15) is 11.5 Å². The number of hydrogen-bond donors (Lipinski definition) is 2. The van der Waals surface area contributed by atoms with Crippen molar-refractivity contribution < 1.29 is 4.74 Å². The third-order valence-corrected chi connectivity index (χ3v) is 3.94. The van der Waals surface area contributed by atoms with E-state index in [9.17, 15) is 0 Å². The normalized spacial score (nSPS) is 16.8. The second-order valence-electron chi connectivity index (χ2n) is 6.34. The van der Waals surface area contributed by atoms with Gasteiger partial charge in [-0.1, -0.05) is 39.5 Å². The largest absolute Gasteiger partial charge is 0.479 e. The number of aromatic nitrogens is 2. The Morgan fingerprint density at radius 3 is 2.43 bits per heavy atom. The zero-order valence-corrected chi connectivity index (χ0v) is 13.5. The topological polar surface area (TPSA) is 73.1 Å². The molecule has 1 aliphatic rings. The van der Waals surface area contributed by atoms with Crippen LogP contribution in [0.4, 0.5) is 11.5 Å². The van der Waals surface area contributed by atoms with Gasteiger partial charge in [0.2, 0.25) is 5.88 Å². The van der Waals surface area contributed by atoms with Crippen LogP contribution in [0.1, 0.15) is 58.2 Å². The van der Waals surface area contributed by atoms with E-state index in [1.54, 1.807) is 7.11 Å². The molecule has 0 unspecified atom stereocenters. The summed E-state index contributed by atoms with van der Waals surface area (Å²) in [6.45, 7) is 4.31. The molecule has 118 valence electrons. The van der Waals surface area contributed by atoms with E-state index in [0.29, 0.717) is 23.5 Å². The van der Waals surface area contributed by atoms with Gasteiger partial charge in [-0.15, -0.1) is 0 Å². The highest BCUT2D eigenvalue weighted by atomic mass is 16.5. The van der Waals surface area contributed by atoms with Crippen molar-refractivity contribution in [2.45, 2.75) is 64.8 Å². The Balaban J connectivity index is 2.19. The van der Waals surface area contributed by atoms with Crippen molar-refractivity contribution in [2.75, 3.05) is 18.2 Å². The molecule has 2 rings (SSSR count). The van der Waals surface area contributed by atoms with Gasteiger partial charge in [0.25, 0.3) is 0 Å². The van der Waals surface area contributed by atoms with Gasteiger partial charge < -0.3 is 15.8 Å². The van der Waals surface area contributed by atoms with Crippen molar-refractivity contribution in [1.82, 2.24) is 9.97 Å². The van der Waals surface area contributed by atoms with E-state index >= 15 is 0 Å². The quantitative estimate of drug-likeness (QED) is 0.814. The fraction of sp³-hybridized carbons (Fsp3) is 0.750. The molecule has 0 bridgehead atoms. The number of methoxy groups -OCH3 is 1. The summed E-state index contributed by atoms with van der Waals surface area (Å²) in [5, 5.41) is 3.52. The number of nitrogen functional groups attached to an aromatic ring is 1. The lowest BCUT2D eigenvalue weighted by atomic mass is 10.1. The first-order chi connectivity index (χ1) is 10.1. The Hall–Kier alpha value is -1.52. The minimum atomic E-state index is 0.460. The van der Waals surface area contributed by atoms with Crippen LogP contribution < -0.4 is 15.8 Å². The van der Waals surface area contributed by atoms with Gasteiger partial charge in [-0.05, 0) is 18.8 Å². The van der Waals surface area contributed by atoms with Crippen molar-refractivity contribution in [2.24, 2.45) is 5.92 Å². The molecule has 0 atom stereocenters. The van der Waals surface area contributed by atoms with E-state index in [4.69, 9.17) is 10.5 Å². The minimum absolute atomic E-state index is 0.460. The highest BCUT2D eigenvalue weighted by Gasteiger charge is 2.18. The molecule has 1 aliphatic carbocycles. The van der Waals surface area contributed by atoms with Crippen LogP contribution in [0, 0.1) is 5.92 Å². The monoisotopic (exact) mass is 292 g/mol. The van der Waals surface area contributed by atoms with Crippen LogP contribution in [0.25, 0.3) is 0 Å². The zero-order valence-electron chi connectivity index (χ0n) is 13.5. The fourth-order valence-electron chi connectivity index (χ4n) is 2.83. The number of nitrogens with two attached hydrogens (primary N) is 1. The van der Waals surface area contributed by atoms with E-state index < -0.39 is 0 Å². The van der Waals surface area contributed by atoms with E-state index in [1.807, 2.05) is 0 Å². The van der Waals surface area contributed by atoms with Gasteiger partial charge in [-0.2, -0.15) is 4.98 Å². The number of rotatable bonds is 5. The molecule has 1 saturated carbocycles. The van der Waals surface area contributed by atoms with Crippen molar-refractivity contribution >= 4 is 11.5 Å². The molecule has 5 nitrogen and oxygen atoms in total. The van der Waals surface area contributed by atoms with Crippen LogP contribution in [0.5, 0.6) is 5.88 Å². The SMILES string of the molecule is COc1nc(CC(C)C)nc(NC2CCCCCC2)c1N. The number of nitrogens with one attached hydrogen (secondary N) is 1. The number of nitrogens with zero attached hydrogens (tertiary/aromatic N) is 2. The highest BCUT2D eigenvalue weighted by molar-refractivity contribution is 5.67. The average molecular weight is 292 g/mol. The van der Waals surface area contributed by atoms with E-state index in [1.165, 1.54) is 38.5 Å². The molecular weight excluding hydrogens is 264 g/mol. The molecule has 1 fully saturated rings. The van der Waals surface area contributed by atoms with Crippen molar-refractivity contribution in [3.05, 3.63) is 5.82 Å². The number of hydrogen-bond acceptors (Lipinski definition) is 5. The highest BCUT2D eigenvalue weighted by Crippen LogP contribution is 2.29. The van der Waals surface area contributed by atoms with Gasteiger partial charge in [0.05, 0.1) is 7.11 Å². The van der Waals surface area contributed by atoms with Gasteiger partial charge >= 0.3 is 0 Å². The van der Waals surface area contributed by atoms with Crippen LogP contribution in [-0.2, 0) is 6.42 Å². The third-order valence-electron chi connectivity index (χ3n) is 3.94. The van der Waals surface area contributed by atoms with Gasteiger partial charge in [0, 0.05) is 12.5 Å². The molecule has 1 heterocycles. The molecule has 1 aromatic heterocycles. The fourth-order valence-corrected chi connectivity index (χ4v) is 2.83. The average Bonchev–Trinajstić information content (AvgIpc) is 2.70. The van der Waals surface area contributed by atoms with Crippen LogP contribution >= 0.6 is 0 Å². The maximum Gasteiger partial charge on any atom is 0.242 e. The summed E-state index contributed by atoms with van der Waals surface area (Å²) < 4.78 is 5.31. The molecule has 0 radical (unpaired) electrons. The molecule has 0 aromatic carbocycles. The Labute approximate surface area is 127 Å². The molecule has 0 spiro atoms. The number of anilines is 2. The van der Waals surface area contributed by atoms with Crippen molar-refractivity contribution in [3.63, 3.8) is 0 Å². The van der Waals surface area contributed by atoms with Gasteiger partial charge in [0.15, 0.2) is 5.82 Å². The molecule has 0 amide bonds. The lowest BCUT2D eigenvalue weighted by molar-refractivity contribution is 0.396. The van der Waals surface area contributed by atoms with Gasteiger partial charge in [-0.25, -0.2) is 4.98 Å². The van der Waals surface area contributed by atoms with Crippen LogP contribution in [0.15, 0.2) is 0 Å². The Morgan fingerprint density at radius 2 is 1.86 bits per heavy atom. The Bertz CT molecular complexity index is 454. The summed E-state index contributed by atoms with van der Waals surface area (Å²) in [4.78, 5) is 9.02. The number of ether oxygens (including phenoxy) is 1. The molecule has 3 N–H and O–H groups in total. The maximum absolute atomic E-state index is 6.14. The zero-order chi connectivity index (χ0) is 15.2. The first-order valence-corrected chi connectivity index (χ1v) is 8.07. The smallest absolute Gasteiger partial charge is 0.242 e. The van der Waals surface area contributed by atoms with Crippen molar-refractivity contribution in [3.8, 4) is 5.88 Å². The molecule has 0 aliphatic heterocycles.